The Kier molecular flexibility index (Phi) is 2.90. The molecule has 0 unspecified atom stereocenters. The van der Waals surface area contributed by atoms with Crippen LogP contribution in [0.1, 0.15) is 12.1 Å². The van der Waals surface area contributed by atoms with Crippen LogP contribution >= 0.6 is 0 Å². The van der Waals surface area contributed by atoms with Crippen molar-refractivity contribution in [3.63, 3.8) is 0 Å². The first-order valence-corrected chi connectivity index (χ1v) is 4.79. The van der Waals surface area contributed by atoms with Gasteiger partial charge >= 0.3 is 0 Å². The fraction of sp³-hybridized carbons (Fsp3) is 0.500. The van der Waals surface area contributed by atoms with Gasteiger partial charge in [-0.2, -0.15) is 0 Å². The highest BCUT2D eigenvalue weighted by atomic mass is 15.0. The van der Waals surface area contributed by atoms with Crippen molar-refractivity contribution in [3.05, 3.63) is 30.1 Å². The molecule has 0 aromatic carbocycles. The molecule has 0 saturated carbocycles. The van der Waals surface area contributed by atoms with Crippen LogP contribution in [-0.4, -0.2) is 24.1 Å². The molecular formula is C10H15N3. The average molecular weight is 177 g/mol. The fourth-order valence-electron chi connectivity index (χ4n) is 1.58. The van der Waals surface area contributed by atoms with Crippen molar-refractivity contribution in [2.75, 3.05) is 13.1 Å². The molecule has 1 fully saturated rings. The summed E-state index contributed by atoms with van der Waals surface area (Å²) in [6.07, 6.45) is 3.07. The molecule has 3 heteroatoms. The minimum absolute atomic E-state index is 0.627. The van der Waals surface area contributed by atoms with Crippen LogP contribution in [-0.2, 0) is 6.54 Å². The number of nitrogens with one attached hydrogen (secondary N) is 2. The van der Waals surface area contributed by atoms with Crippen LogP contribution in [0, 0.1) is 0 Å². The van der Waals surface area contributed by atoms with Gasteiger partial charge in [-0.05, 0) is 25.1 Å². The molecule has 0 aliphatic carbocycles. The molecule has 1 aromatic rings. The van der Waals surface area contributed by atoms with Crippen molar-refractivity contribution < 1.29 is 0 Å². The van der Waals surface area contributed by atoms with Crippen molar-refractivity contribution in [2.24, 2.45) is 0 Å². The van der Waals surface area contributed by atoms with Gasteiger partial charge in [0.1, 0.15) is 0 Å². The molecule has 0 spiro atoms. The number of rotatable bonds is 3. The third-order valence-electron chi connectivity index (χ3n) is 2.36. The summed E-state index contributed by atoms with van der Waals surface area (Å²) in [7, 11) is 0. The second-order valence-electron chi connectivity index (χ2n) is 3.39. The minimum atomic E-state index is 0.627. The van der Waals surface area contributed by atoms with Crippen molar-refractivity contribution in [2.45, 2.75) is 19.0 Å². The highest BCUT2D eigenvalue weighted by molar-refractivity contribution is 5.03. The molecule has 13 heavy (non-hydrogen) atoms. The van der Waals surface area contributed by atoms with E-state index in [9.17, 15) is 0 Å². The highest BCUT2D eigenvalue weighted by Crippen LogP contribution is 1.99. The number of hydrogen-bond acceptors (Lipinski definition) is 3. The van der Waals surface area contributed by atoms with E-state index in [1.54, 1.807) is 0 Å². The number of hydrogen-bond donors (Lipinski definition) is 2. The van der Waals surface area contributed by atoms with Crippen LogP contribution in [0.15, 0.2) is 24.4 Å². The summed E-state index contributed by atoms with van der Waals surface area (Å²) in [4.78, 5) is 4.26. The van der Waals surface area contributed by atoms with Gasteiger partial charge in [-0.1, -0.05) is 6.07 Å². The second kappa shape index (κ2) is 4.35. The third kappa shape index (κ3) is 2.50. The maximum atomic E-state index is 4.26. The largest absolute Gasteiger partial charge is 0.315 e. The molecule has 0 radical (unpaired) electrons. The molecule has 1 aliphatic heterocycles. The van der Waals surface area contributed by atoms with Crippen molar-refractivity contribution in [1.82, 2.24) is 15.6 Å². The van der Waals surface area contributed by atoms with Gasteiger partial charge < -0.3 is 10.6 Å². The van der Waals surface area contributed by atoms with E-state index < -0.39 is 0 Å². The molecule has 2 rings (SSSR count). The Morgan fingerprint density at radius 1 is 1.54 bits per heavy atom. The van der Waals surface area contributed by atoms with Crippen LogP contribution < -0.4 is 10.6 Å². The van der Waals surface area contributed by atoms with E-state index >= 15 is 0 Å². The SMILES string of the molecule is c1ccc(CN[C@H]2CCNC2)nc1. The zero-order valence-corrected chi connectivity index (χ0v) is 7.66. The van der Waals surface area contributed by atoms with E-state index in [2.05, 4.69) is 21.7 Å². The van der Waals surface area contributed by atoms with Crippen molar-refractivity contribution >= 4 is 0 Å². The zero-order chi connectivity index (χ0) is 8.93. The Hall–Kier alpha value is -0.930. The fourth-order valence-corrected chi connectivity index (χ4v) is 1.58. The van der Waals surface area contributed by atoms with E-state index in [1.807, 2.05) is 18.3 Å². The van der Waals surface area contributed by atoms with Gasteiger partial charge in [-0.3, -0.25) is 4.98 Å². The van der Waals surface area contributed by atoms with Crippen LogP contribution in [0.4, 0.5) is 0 Å². The molecular weight excluding hydrogens is 162 g/mol. The Morgan fingerprint density at radius 3 is 3.23 bits per heavy atom. The molecule has 1 atom stereocenters. The monoisotopic (exact) mass is 177 g/mol. The lowest BCUT2D eigenvalue weighted by molar-refractivity contribution is 0.542. The molecule has 1 aromatic heterocycles. The molecule has 1 saturated heterocycles. The Morgan fingerprint density at radius 2 is 2.54 bits per heavy atom. The lowest BCUT2D eigenvalue weighted by atomic mass is 10.2. The Balaban J connectivity index is 1.79. The van der Waals surface area contributed by atoms with E-state index in [0.717, 1.165) is 25.3 Å². The van der Waals surface area contributed by atoms with Gasteiger partial charge in [0.25, 0.3) is 0 Å². The van der Waals surface area contributed by atoms with Crippen LogP contribution in [0.25, 0.3) is 0 Å². The summed E-state index contributed by atoms with van der Waals surface area (Å²) < 4.78 is 0. The van der Waals surface area contributed by atoms with Gasteiger partial charge in [-0.25, -0.2) is 0 Å². The highest BCUT2D eigenvalue weighted by Gasteiger charge is 2.12. The molecule has 1 aliphatic rings. The summed E-state index contributed by atoms with van der Waals surface area (Å²) in [5.74, 6) is 0. The quantitative estimate of drug-likeness (QED) is 0.707. The smallest absolute Gasteiger partial charge is 0.0541 e. The van der Waals surface area contributed by atoms with Gasteiger partial charge in [0.15, 0.2) is 0 Å². The first-order chi connectivity index (χ1) is 6.45. The predicted octanol–water partition coefficient (Wildman–Crippen LogP) is 0.533. The molecule has 2 heterocycles. The predicted molar refractivity (Wildman–Crippen MR) is 52.4 cm³/mol. The number of pyridine rings is 1. The third-order valence-corrected chi connectivity index (χ3v) is 2.36. The van der Waals surface area contributed by atoms with E-state index in [-0.39, 0.29) is 0 Å². The molecule has 0 amide bonds. The van der Waals surface area contributed by atoms with Crippen LogP contribution in [0.5, 0.6) is 0 Å². The Labute approximate surface area is 78.6 Å². The van der Waals surface area contributed by atoms with Crippen LogP contribution in [0.2, 0.25) is 0 Å². The second-order valence-corrected chi connectivity index (χ2v) is 3.39. The van der Waals surface area contributed by atoms with Gasteiger partial charge in [-0.15, -0.1) is 0 Å². The molecule has 3 nitrogen and oxygen atoms in total. The summed E-state index contributed by atoms with van der Waals surface area (Å²) in [6, 6.07) is 6.65. The zero-order valence-electron chi connectivity index (χ0n) is 7.66. The van der Waals surface area contributed by atoms with E-state index in [4.69, 9.17) is 0 Å². The lowest BCUT2D eigenvalue weighted by Gasteiger charge is -2.09. The summed E-state index contributed by atoms with van der Waals surface area (Å²) in [5.41, 5.74) is 1.12. The standard InChI is InChI=1S/C10H15N3/c1-2-5-12-9(3-1)8-13-10-4-6-11-7-10/h1-3,5,10-11,13H,4,6-8H2/t10-/m0/s1. The normalized spacial score (nSPS) is 22.0. The van der Waals surface area contributed by atoms with Crippen LogP contribution in [0.3, 0.4) is 0 Å². The summed E-state index contributed by atoms with van der Waals surface area (Å²) in [5, 5.41) is 6.80. The number of nitrogens with zero attached hydrogens (tertiary/aromatic N) is 1. The topological polar surface area (TPSA) is 37.0 Å². The summed E-state index contributed by atoms with van der Waals surface area (Å²) in [6.45, 7) is 3.11. The Bertz CT molecular complexity index is 242. The lowest BCUT2D eigenvalue weighted by Crippen LogP contribution is -2.30. The van der Waals surface area contributed by atoms with E-state index in [0.29, 0.717) is 6.04 Å². The molecule has 2 N–H and O–H groups in total. The molecule has 0 bridgehead atoms. The van der Waals surface area contributed by atoms with Gasteiger partial charge in [0, 0.05) is 25.3 Å². The average Bonchev–Trinajstić information content (AvgIpc) is 2.69. The first kappa shape index (κ1) is 8.66. The van der Waals surface area contributed by atoms with Gasteiger partial charge in [0.05, 0.1) is 5.69 Å². The van der Waals surface area contributed by atoms with Crippen molar-refractivity contribution in [1.29, 1.82) is 0 Å². The minimum Gasteiger partial charge on any atom is -0.315 e. The number of aromatic nitrogens is 1. The maximum Gasteiger partial charge on any atom is 0.0541 e. The first-order valence-electron chi connectivity index (χ1n) is 4.79. The summed E-state index contributed by atoms with van der Waals surface area (Å²) >= 11 is 0. The van der Waals surface area contributed by atoms with E-state index in [1.165, 1.54) is 6.42 Å². The van der Waals surface area contributed by atoms with Gasteiger partial charge in [0.2, 0.25) is 0 Å². The molecule has 70 valence electrons. The van der Waals surface area contributed by atoms with Crippen molar-refractivity contribution in [3.8, 4) is 0 Å². The maximum absolute atomic E-state index is 4.26.